The Bertz CT molecular complexity index is 637. The number of nitrogens with zero attached hydrogens (tertiary/aromatic N) is 2. The van der Waals surface area contributed by atoms with Crippen LogP contribution in [0.1, 0.15) is 15.9 Å². The first kappa shape index (κ1) is 16.0. The quantitative estimate of drug-likeness (QED) is 0.861. The van der Waals surface area contributed by atoms with Crippen molar-refractivity contribution in [2.75, 3.05) is 32.4 Å². The third-order valence-corrected chi connectivity index (χ3v) is 5.04. The second kappa shape index (κ2) is 7.62. The van der Waals surface area contributed by atoms with E-state index in [9.17, 15) is 4.79 Å². The number of aromatic nitrogens is 1. The van der Waals surface area contributed by atoms with Crippen LogP contribution in [0.25, 0.3) is 0 Å². The van der Waals surface area contributed by atoms with Crippen molar-refractivity contribution in [3.05, 3.63) is 59.9 Å². The SMILES string of the molecule is CSc1ccc(C[NH+]2CCN(C(=O)c3ccncc3)CC2)cc1. The Labute approximate surface area is 141 Å². The van der Waals surface area contributed by atoms with E-state index >= 15 is 0 Å². The van der Waals surface area contributed by atoms with Crippen LogP contribution in [0.3, 0.4) is 0 Å². The van der Waals surface area contributed by atoms with Gasteiger partial charge >= 0.3 is 0 Å². The molecule has 1 N–H and O–H groups in total. The lowest BCUT2D eigenvalue weighted by Gasteiger charge is -2.32. The lowest BCUT2D eigenvalue weighted by Crippen LogP contribution is -3.13. The highest BCUT2D eigenvalue weighted by atomic mass is 32.2. The molecule has 1 aromatic carbocycles. The van der Waals surface area contributed by atoms with E-state index in [2.05, 4.69) is 35.5 Å². The summed E-state index contributed by atoms with van der Waals surface area (Å²) >= 11 is 1.77. The van der Waals surface area contributed by atoms with E-state index in [0.717, 1.165) is 38.3 Å². The summed E-state index contributed by atoms with van der Waals surface area (Å²) in [6.07, 6.45) is 5.44. The number of rotatable bonds is 4. The van der Waals surface area contributed by atoms with Gasteiger partial charge in [0.2, 0.25) is 0 Å². The van der Waals surface area contributed by atoms with Gasteiger partial charge in [-0.25, -0.2) is 0 Å². The van der Waals surface area contributed by atoms with Crippen LogP contribution in [0, 0.1) is 0 Å². The largest absolute Gasteiger partial charge is 0.328 e. The minimum Gasteiger partial charge on any atom is -0.328 e. The maximum atomic E-state index is 12.4. The number of hydrogen-bond acceptors (Lipinski definition) is 3. The van der Waals surface area contributed by atoms with Crippen molar-refractivity contribution >= 4 is 17.7 Å². The minimum absolute atomic E-state index is 0.121. The zero-order valence-corrected chi connectivity index (χ0v) is 14.2. The van der Waals surface area contributed by atoms with Crippen LogP contribution in [0.2, 0.25) is 0 Å². The van der Waals surface area contributed by atoms with Crippen molar-refractivity contribution in [3.63, 3.8) is 0 Å². The monoisotopic (exact) mass is 328 g/mol. The van der Waals surface area contributed by atoms with Crippen LogP contribution in [0.4, 0.5) is 0 Å². The average Bonchev–Trinajstić information content (AvgIpc) is 2.63. The van der Waals surface area contributed by atoms with E-state index < -0.39 is 0 Å². The Kier molecular flexibility index (Phi) is 5.31. The summed E-state index contributed by atoms with van der Waals surface area (Å²) in [5, 5.41) is 0. The zero-order chi connectivity index (χ0) is 16.1. The van der Waals surface area contributed by atoms with E-state index in [1.54, 1.807) is 41.2 Å². The second-order valence-corrected chi connectivity index (χ2v) is 6.68. The Morgan fingerprint density at radius 3 is 2.39 bits per heavy atom. The summed E-state index contributed by atoms with van der Waals surface area (Å²) in [4.78, 5) is 21.2. The number of nitrogens with one attached hydrogen (secondary N) is 1. The first-order chi connectivity index (χ1) is 11.3. The van der Waals surface area contributed by atoms with Gasteiger partial charge < -0.3 is 9.80 Å². The molecule has 0 unspecified atom stereocenters. The standard InChI is InChI=1S/C18H21N3OS/c1-23-17-4-2-15(3-5-17)14-20-10-12-21(13-11-20)18(22)16-6-8-19-9-7-16/h2-9H,10-14H2,1H3/p+1. The van der Waals surface area contributed by atoms with E-state index in [0.29, 0.717) is 0 Å². The molecule has 1 saturated heterocycles. The smallest absolute Gasteiger partial charge is 0.254 e. The van der Waals surface area contributed by atoms with Gasteiger partial charge in [0, 0.05) is 28.4 Å². The number of pyridine rings is 1. The van der Waals surface area contributed by atoms with Gasteiger partial charge in [-0.05, 0) is 30.5 Å². The molecular weight excluding hydrogens is 306 g/mol. The highest BCUT2D eigenvalue weighted by Gasteiger charge is 2.24. The van der Waals surface area contributed by atoms with Crippen molar-refractivity contribution in [2.45, 2.75) is 11.4 Å². The van der Waals surface area contributed by atoms with Crippen LogP contribution in [0.15, 0.2) is 53.7 Å². The van der Waals surface area contributed by atoms with E-state index in [1.807, 2.05) is 4.90 Å². The van der Waals surface area contributed by atoms with E-state index in [-0.39, 0.29) is 5.91 Å². The van der Waals surface area contributed by atoms with Gasteiger partial charge in [-0.3, -0.25) is 9.78 Å². The van der Waals surface area contributed by atoms with Gasteiger partial charge in [-0.2, -0.15) is 0 Å². The number of piperazine rings is 1. The number of amides is 1. The molecule has 5 heteroatoms. The van der Waals surface area contributed by atoms with Crippen LogP contribution in [-0.4, -0.2) is 48.2 Å². The first-order valence-corrected chi connectivity index (χ1v) is 9.14. The topological polar surface area (TPSA) is 37.6 Å². The average molecular weight is 328 g/mol. The fourth-order valence-corrected chi connectivity index (χ4v) is 3.32. The fraction of sp³-hybridized carbons (Fsp3) is 0.333. The third-order valence-electron chi connectivity index (χ3n) is 4.30. The van der Waals surface area contributed by atoms with E-state index in [4.69, 9.17) is 0 Å². The lowest BCUT2D eigenvalue weighted by atomic mass is 10.2. The highest BCUT2D eigenvalue weighted by molar-refractivity contribution is 7.98. The number of hydrogen-bond donors (Lipinski definition) is 1. The van der Waals surface area contributed by atoms with Crippen molar-refractivity contribution in [1.82, 2.24) is 9.88 Å². The molecule has 0 bridgehead atoms. The summed E-state index contributed by atoms with van der Waals surface area (Å²) in [6.45, 7) is 4.67. The third kappa shape index (κ3) is 4.12. The van der Waals surface area contributed by atoms with E-state index in [1.165, 1.54) is 10.5 Å². The summed E-state index contributed by atoms with van der Waals surface area (Å²) in [6, 6.07) is 12.4. The summed E-state index contributed by atoms with van der Waals surface area (Å²) in [7, 11) is 0. The Morgan fingerprint density at radius 2 is 1.78 bits per heavy atom. The minimum atomic E-state index is 0.121. The highest BCUT2D eigenvalue weighted by Crippen LogP contribution is 2.14. The molecule has 4 nitrogen and oxygen atoms in total. The predicted octanol–water partition coefficient (Wildman–Crippen LogP) is 1.34. The Morgan fingerprint density at radius 1 is 1.13 bits per heavy atom. The number of quaternary nitrogens is 1. The molecular formula is C18H22N3OS+. The number of carbonyl (C=O) groups excluding carboxylic acids is 1. The molecule has 0 spiro atoms. The molecule has 0 saturated carbocycles. The zero-order valence-electron chi connectivity index (χ0n) is 13.4. The number of benzene rings is 1. The van der Waals surface area contributed by atoms with Crippen molar-refractivity contribution < 1.29 is 9.69 Å². The maximum Gasteiger partial charge on any atom is 0.254 e. The molecule has 1 fully saturated rings. The molecule has 0 radical (unpaired) electrons. The van der Waals surface area contributed by atoms with Crippen molar-refractivity contribution in [3.8, 4) is 0 Å². The normalized spacial score (nSPS) is 15.6. The molecule has 1 aromatic heterocycles. The van der Waals surface area contributed by atoms with Crippen molar-refractivity contribution in [2.24, 2.45) is 0 Å². The predicted molar refractivity (Wildman–Crippen MR) is 92.8 cm³/mol. The van der Waals surface area contributed by atoms with Crippen molar-refractivity contribution in [1.29, 1.82) is 0 Å². The number of carbonyl (C=O) groups is 1. The molecule has 3 rings (SSSR count). The number of thioether (sulfide) groups is 1. The summed E-state index contributed by atoms with van der Waals surface area (Å²) in [5.74, 6) is 0.121. The second-order valence-electron chi connectivity index (χ2n) is 5.80. The maximum absolute atomic E-state index is 12.4. The molecule has 0 aliphatic carbocycles. The Balaban J connectivity index is 1.53. The molecule has 2 aromatic rings. The van der Waals surface area contributed by atoms with Gasteiger partial charge in [0.25, 0.3) is 5.91 Å². The van der Waals surface area contributed by atoms with Gasteiger partial charge in [0.05, 0.1) is 26.2 Å². The molecule has 2 heterocycles. The van der Waals surface area contributed by atoms with Crippen LogP contribution in [0.5, 0.6) is 0 Å². The molecule has 1 aliphatic rings. The molecule has 0 atom stereocenters. The lowest BCUT2D eigenvalue weighted by molar-refractivity contribution is -0.917. The molecule has 1 amide bonds. The van der Waals surface area contributed by atoms with Gasteiger partial charge in [-0.1, -0.05) is 12.1 Å². The summed E-state index contributed by atoms with van der Waals surface area (Å²) < 4.78 is 0. The molecule has 1 aliphatic heterocycles. The van der Waals surface area contributed by atoms with Crippen LogP contribution >= 0.6 is 11.8 Å². The van der Waals surface area contributed by atoms with Gasteiger partial charge in [0.1, 0.15) is 6.54 Å². The Hall–Kier alpha value is -1.85. The molecule has 23 heavy (non-hydrogen) atoms. The van der Waals surface area contributed by atoms with Crippen LogP contribution in [-0.2, 0) is 6.54 Å². The summed E-state index contributed by atoms with van der Waals surface area (Å²) in [5.41, 5.74) is 2.10. The first-order valence-electron chi connectivity index (χ1n) is 7.92. The van der Waals surface area contributed by atoms with Crippen LogP contribution < -0.4 is 4.90 Å². The van der Waals surface area contributed by atoms with Gasteiger partial charge in [0.15, 0.2) is 0 Å². The fourth-order valence-electron chi connectivity index (χ4n) is 2.91. The molecule has 120 valence electrons. The van der Waals surface area contributed by atoms with Gasteiger partial charge in [-0.15, -0.1) is 11.8 Å².